The number of nitrogens with zero attached hydrogens (tertiary/aromatic N) is 4. The number of amides is 1. The maximum Gasteiger partial charge on any atom is 0.257 e. The lowest BCUT2D eigenvalue weighted by molar-refractivity contribution is -0.131. The molecule has 2 N–H and O–H groups in total. The normalized spacial score (nSPS) is 24.9. The predicted octanol–water partition coefficient (Wildman–Crippen LogP) is 4.98. The van der Waals surface area contributed by atoms with Gasteiger partial charge in [-0.2, -0.15) is 0 Å². The van der Waals surface area contributed by atoms with Gasteiger partial charge >= 0.3 is 0 Å². The number of rotatable bonds is 5. The highest BCUT2D eigenvalue weighted by molar-refractivity contribution is 6.30. The smallest absolute Gasteiger partial charge is 0.257 e. The average molecular weight is 492 g/mol. The number of carbonyl (C=O) groups excluding carboxylic acids is 1. The Labute approximate surface area is 212 Å². The van der Waals surface area contributed by atoms with Crippen molar-refractivity contribution >= 4 is 35.6 Å². The lowest BCUT2D eigenvalue weighted by Crippen LogP contribution is -2.47. The minimum absolute atomic E-state index is 0.0479. The van der Waals surface area contributed by atoms with Crippen molar-refractivity contribution < 1.29 is 4.79 Å². The minimum Gasteiger partial charge on any atom is -0.369 e. The van der Waals surface area contributed by atoms with Crippen LogP contribution in [0.1, 0.15) is 68.3 Å². The molecule has 1 aliphatic carbocycles. The molecule has 35 heavy (non-hydrogen) atoms. The Morgan fingerprint density at radius 3 is 2.63 bits per heavy atom. The zero-order valence-electron chi connectivity index (χ0n) is 20.7. The first-order valence-electron chi connectivity index (χ1n) is 12.6. The van der Waals surface area contributed by atoms with Crippen molar-refractivity contribution in [3.63, 3.8) is 0 Å². The number of carbonyl (C=O) groups is 1. The zero-order chi connectivity index (χ0) is 24.7. The Balaban J connectivity index is 1.32. The summed E-state index contributed by atoms with van der Waals surface area (Å²) in [6.07, 6.45) is 10.9. The minimum atomic E-state index is -0.728. The highest BCUT2D eigenvalue weighted by atomic mass is 35.5. The second-order valence-corrected chi connectivity index (χ2v) is 11.2. The molecule has 0 radical (unpaired) electrons. The van der Waals surface area contributed by atoms with E-state index in [1.54, 1.807) is 4.90 Å². The first kappa shape index (κ1) is 24.0. The first-order chi connectivity index (χ1) is 16.7. The van der Waals surface area contributed by atoms with Crippen LogP contribution in [0.15, 0.2) is 41.7 Å². The quantitative estimate of drug-likeness (QED) is 0.639. The zero-order valence-corrected chi connectivity index (χ0v) is 21.5. The summed E-state index contributed by atoms with van der Waals surface area (Å²) >= 11 is 6.33. The van der Waals surface area contributed by atoms with Gasteiger partial charge in [-0.3, -0.25) is 19.6 Å². The Kier molecular flexibility index (Phi) is 6.45. The molecular formula is C28H34ClN5O. The highest BCUT2D eigenvalue weighted by Gasteiger charge is 2.45. The topological polar surface area (TPSA) is 74.8 Å². The van der Waals surface area contributed by atoms with Crippen LogP contribution in [-0.2, 0) is 4.79 Å². The maximum atomic E-state index is 13.2. The van der Waals surface area contributed by atoms with Crippen LogP contribution in [0.5, 0.6) is 0 Å². The van der Waals surface area contributed by atoms with Gasteiger partial charge in [0.05, 0.1) is 6.04 Å². The molecule has 1 fully saturated rings. The van der Waals surface area contributed by atoms with Gasteiger partial charge in [0.1, 0.15) is 5.54 Å². The van der Waals surface area contributed by atoms with E-state index < -0.39 is 5.54 Å². The van der Waals surface area contributed by atoms with E-state index in [0.717, 1.165) is 36.5 Å². The van der Waals surface area contributed by atoms with Crippen molar-refractivity contribution in [2.24, 2.45) is 22.6 Å². The molecule has 1 saturated heterocycles. The summed E-state index contributed by atoms with van der Waals surface area (Å²) in [7, 11) is 0. The molecule has 3 heterocycles. The second-order valence-electron chi connectivity index (χ2n) is 10.8. The molecule has 6 nitrogen and oxygen atoms in total. The van der Waals surface area contributed by atoms with Gasteiger partial charge in [-0.05, 0) is 91.6 Å². The van der Waals surface area contributed by atoms with Crippen LogP contribution < -0.4 is 5.73 Å². The summed E-state index contributed by atoms with van der Waals surface area (Å²) < 4.78 is 0. The second kappa shape index (κ2) is 9.40. The number of nitrogens with two attached hydrogens (primary N) is 1. The lowest BCUT2D eigenvalue weighted by atomic mass is 9.88. The number of halogens is 1. The molecule has 2 unspecified atom stereocenters. The summed E-state index contributed by atoms with van der Waals surface area (Å²) in [5, 5.41) is 0.744. The molecule has 1 aromatic carbocycles. The molecule has 0 bridgehead atoms. The molecule has 2 aliphatic heterocycles. The van der Waals surface area contributed by atoms with Crippen LogP contribution in [0.25, 0.3) is 12.2 Å². The number of aromatic nitrogens is 1. The maximum absolute atomic E-state index is 13.2. The lowest BCUT2D eigenvalue weighted by Gasteiger charge is -2.39. The van der Waals surface area contributed by atoms with Gasteiger partial charge in [-0.25, -0.2) is 4.99 Å². The fraction of sp³-hybridized carbons (Fsp3) is 0.464. The molecule has 2 atom stereocenters. The number of fused-ring (bicyclic) bond motifs is 2. The fourth-order valence-electron chi connectivity index (χ4n) is 5.99. The third-order valence-electron chi connectivity index (χ3n) is 7.57. The van der Waals surface area contributed by atoms with E-state index in [4.69, 9.17) is 17.3 Å². The third-order valence-corrected chi connectivity index (χ3v) is 7.81. The molecule has 2 aromatic rings. The largest absolute Gasteiger partial charge is 0.369 e. The van der Waals surface area contributed by atoms with Crippen LogP contribution in [0.3, 0.4) is 0 Å². The molecule has 3 aliphatic rings. The van der Waals surface area contributed by atoms with Gasteiger partial charge in [0.15, 0.2) is 5.96 Å². The third kappa shape index (κ3) is 4.62. The number of piperidine rings is 1. The van der Waals surface area contributed by atoms with Gasteiger partial charge in [-0.15, -0.1) is 0 Å². The number of guanidine groups is 1. The van der Waals surface area contributed by atoms with E-state index in [1.165, 1.54) is 16.7 Å². The monoisotopic (exact) mass is 491 g/mol. The number of benzene rings is 1. The van der Waals surface area contributed by atoms with Crippen molar-refractivity contribution in [2.45, 2.75) is 51.6 Å². The molecule has 7 heteroatoms. The highest BCUT2D eigenvalue weighted by Crippen LogP contribution is 2.39. The number of aliphatic imine (C=N–C) groups is 1. The van der Waals surface area contributed by atoms with Crippen LogP contribution in [0, 0.1) is 11.8 Å². The van der Waals surface area contributed by atoms with Gasteiger partial charge in [-0.1, -0.05) is 43.7 Å². The van der Waals surface area contributed by atoms with Crippen LogP contribution in [-0.4, -0.2) is 51.8 Å². The van der Waals surface area contributed by atoms with Crippen LogP contribution in [0.4, 0.5) is 0 Å². The molecule has 1 aromatic heterocycles. The van der Waals surface area contributed by atoms with E-state index >= 15 is 0 Å². The Hall–Kier alpha value is -2.70. The standard InChI is InChI=1S/C28H34ClN5O/c1-18(2)15-28(3)26(35)34(27(30)32-28)17-19-9-12-33(13-10-19)25-23-7-6-22(29)14-21(23)5-4-20-8-11-31-16-24(20)25/h4-8,11,14,16,18-19,25H,9-10,12-13,15,17H2,1-3H3,(H2,30,32). The van der Waals surface area contributed by atoms with E-state index in [9.17, 15) is 4.79 Å². The van der Waals surface area contributed by atoms with Crippen molar-refractivity contribution in [3.05, 3.63) is 63.9 Å². The Bertz CT molecular complexity index is 1180. The van der Waals surface area contributed by atoms with Gasteiger partial charge in [0.25, 0.3) is 5.91 Å². The van der Waals surface area contributed by atoms with E-state index in [2.05, 4.69) is 53.0 Å². The number of likely N-dealkylation sites (tertiary alicyclic amines) is 1. The molecular weight excluding hydrogens is 458 g/mol. The predicted molar refractivity (Wildman–Crippen MR) is 142 cm³/mol. The number of hydrogen-bond acceptors (Lipinski definition) is 5. The summed E-state index contributed by atoms with van der Waals surface area (Å²) in [4.78, 5) is 26.5. The summed E-state index contributed by atoms with van der Waals surface area (Å²) in [6.45, 7) is 8.67. The van der Waals surface area contributed by atoms with E-state index in [-0.39, 0.29) is 11.9 Å². The van der Waals surface area contributed by atoms with E-state index in [1.807, 2.05) is 31.5 Å². The summed E-state index contributed by atoms with van der Waals surface area (Å²) in [5.41, 5.74) is 10.3. The van der Waals surface area contributed by atoms with Crippen LogP contribution >= 0.6 is 11.6 Å². The molecule has 184 valence electrons. The summed E-state index contributed by atoms with van der Waals surface area (Å²) in [6, 6.07) is 8.37. The SMILES string of the molecule is CC(C)CC1(C)N=C(N)N(CC2CCN(C3c4ccc(Cl)cc4C=Cc4ccncc43)CC2)C1=O. The van der Waals surface area contributed by atoms with Crippen molar-refractivity contribution in [2.75, 3.05) is 19.6 Å². The van der Waals surface area contributed by atoms with Gasteiger partial charge in [0.2, 0.25) is 0 Å². The molecule has 0 saturated carbocycles. The molecule has 5 rings (SSSR count). The van der Waals surface area contributed by atoms with Crippen molar-refractivity contribution in [3.8, 4) is 0 Å². The first-order valence-corrected chi connectivity index (χ1v) is 13.0. The Morgan fingerprint density at radius 2 is 1.89 bits per heavy atom. The fourth-order valence-corrected chi connectivity index (χ4v) is 6.17. The van der Waals surface area contributed by atoms with E-state index in [0.29, 0.717) is 30.8 Å². The molecule has 0 spiro atoms. The van der Waals surface area contributed by atoms with Gasteiger partial charge < -0.3 is 5.73 Å². The average Bonchev–Trinajstić information content (AvgIpc) is 2.95. The summed E-state index contributed by atoms with van der Waals surface area (Å²) in [5.74, 6) is 1.20. The Morgan fingerprint density at radius 1 is 1.14 bits per heavy atom. The van der Waals surface area contributed by atoms with Crippen LogP contribution in [0.2, 0.25) is 5.02 Å². The number of pyridine rings is 1. The van der Waals surface area contributed by atoms with Crippen molar-refractivity contribution in [1.82, 2.24) is 14.8 Å². The van der Waals surface area contributed by atoms with Crippen molar-refractivity contribution in [1.29, 1.82) is 0 Å². The number of hydrogen-bond donors (Lipinski definition) is 1. The van der Waals surface area contributed by atoms with Gasteiger partial charge in [0, 0.05) is 24.0 Å². The molecule has 1 amide bonds.